The molecule has 2 aromatic carbocycles. The van der Waals surface area contributed by atoms with E-state index in [9.17, 15) is 14.7 Å². The minimum Gasteiger partial charge on any atom is -0.478 e. The number of nitrogens with zero attached hydrogens (tertiary/aromatic N) is 3. The number of aromatic nitrogens is 3. The lowest BCUT2D eigenvalue weighted by Crippen LogP contribution is -2.26. The van der Waals surface area contributed by atoms with Crippen LogP contribution in [0.5, 0.6) is 0 Å². The lowest BCUT2D eigenvalue weighted by molar-refractivity contribution is 0.0697. The van der Waals surface area contributed by atoms with Crippen molar-refractivity contribution >= 4 is 5.97 Å². The fourth-order valence-corrected chi connectivity index (χ4v) is 3.70. The molecule has 1 heterocycles. The Morgan fingerprint density at radius 2 is 1.77 bits per heavy atom. The van der Waals surface area contributed by atoms with Gasteiger partial charge in [-0.15, -0.1) is 0 Å². The highest BCUT2D eigenvalue weighted by Crippen LogP contribution is 2.24. The maximum absolute atomic E-state index is 13.0. The molecule has 1 unspecified atom stereocenters. The van der Waals surface area contributed by atoms with Gasteiger partial charge in [-0.2, -0.15) is 5.10 Å². The first-order chi connectivity index (χ1) is 15.0. The van der Waals surface area contributed by atoms with Crippen molar-refractivity contribution in [1.29, 1.82) is 0 Å². The number of carbonyl (C=O) groups is 1. The number of unbranched alkanes of at least 4 members (excludes halogenated alkanes) is 2. The van der Waals surface area contributed by atoms with Crippen LogP contribution in [0.2, 0.25) is 0 Å². The second-order valence-electron chi connectivity index (χ2n) is 8.01. The van der Waals surface area contributed by atoms with E-state index in [4.69, 9.17) is 0 Å². The molecule has 164 valence electrons. The molecule has 0 saturated heterocycles. The number of hydrogen-bond donors (Lipinski definition) is 1. The van der Waals surface area contributed by atoms with Gasteiger partial charge in [0.05, 0.1) is 12.1 Å². The molecule has 0 amide bonds. The predicted molar refractivity (Wildman–Crippen MR) is 123 cm³/mol. The first kappa shape index (κ1) is 22.5. The minimum atomic E-state index is -0.945. The van der Waals surface area contributed by atoms with Gasteiger partial charge in [0.2, 0.25) is 0 Å². The van der Waals surface area contributed by atoms with Crippen LogP contribution in [0.3, 0.4) is 0 Å². The first-order valence-electron chi connectivity index (χ1n) is 11.0. The second kappa shape index (κ2) is 10.2. The number of carboxylic acids is 1. The van der Waals surface area contributed by atoms with Gasteiger partial charge in [0.15, 0.2) is 0 Å². The smallest absolute Gasteiger partial charge is 0.346 e. The zero-order valence-electron chi connectivity index (χ0n) is 18.5. The molecule has 0 aliphatic carbocycles. The van der Waals surface area contributed by atoms with Crippen molar-refractivity contribution in [3.63, 3.8) is 0 Å². The SMILES string of the molecule is CCCCCn1nc(C(C)CC)n(Cc2ccc(-c3ccccc3C(=O)O)cc2)c1=O. The van der Waals surface area contributed by atoms with Crippen LogP contribution in [-0.2, 0) is 13.1 Å². The summed E-state index contributed by atoms with van der Waals surface area (Å²) in [5.74, 6) is 0.0750. The van der Waals surface area contributed by atoms with Gasteiger partial charge >= 0.3 is 11.7 Å². The van der Waals surface area contributed by atoms with Gasteiger partial charge < -0.3 is 5.11 Å². The van der Waals surface area contributed by atoms with Crippen LogP contribution in [0.15, 0.2) is 53.3 Å². The summed E-state index contributed by atoms with van der Waals surface area (Å²) >= 11 is 0. The van der Waals surface area contributed by atoms with Crippen molar-refractivity contribution in [1.82, 2.24) is 14.3 Å². The fraction of sp³-hybridized carbons (Fsp3) is 0.400. The molecular formula is C25H31N3O3. The van der Waals surface area contributed by atoms with Gasteiger partial charge in [0.1, 0.15) is 5.82 Å². The highest BCUT2D eigenvalue weighted by Gasteiger charge is 2.18. The maximum atomic E-state index is 13.0. The van der Waals surface area contributed by atoms with Crippen LogP contribution in [-0.4, -0.2) is 25.4 Å². The Kier molecular flexibility index (Phi) is 7.45. The first-order valence-corrected chi connectivity index (χ1v) is 11.0. The summed E-state index contributed by atoms with van der Waals surface area (Å²) in [6, 6.07) is 14.7. The highest BCUT2D eigenvalue weighted by molar-refractivity contribution is 5.95. The summed E-state index contributed by atoms with van der Waals surface area (Å²) in [4.78, 5) is 24.5. The van der Waals surface area contributed by atoms with E-state index >= 15 is 0 Å². The number of aryl methyl sites for hydroxylation is 1. The molecule has 0 spiro atoms. The van der Waals surface area contributed by atoms with Crippen LogP contribution in [0, 0.1) is 0 Å². The van der Waals surface area contributed by atoms with Gasteiger partial charge in [0, 0.05) is 12.5 Å². The molecular weight excluding hydrogens is 390 g/mol. The molecule has 3 aromatic rings. The Bertz CT molecular complexity index is 1080. The number of aromatic carboxylic acids is 1. The third-order valence-corrected chi connectivity index (χ3v) is 5.74. The normalized spacial score (nSPS) is 12.1. The quantitative estimate of drug-likeness (QED) is 0.459. The zero-order valence-corrected chi connectivity index (χ0v) is 18.5. The topological polar surface area (TPSA) is 77.1 Å². The summed E-state index contributed by atoms with van der Waals surface area (Å²) in [5.41, 5.74) is 2.72. The Balaban J connectivity index is 1.89. The van der Waals surface area contributed by atoms with Crippen molar-refractivity contribution in [2.75, 3.05) is 0 Å². The molecule has 6 heteroatoms. The molecule has 0 fully saturated rings. The standard InChI is InChI=1S/C25H31N3O3/c1-4-6-9-16-28-25(31)27(23(26-28)18(3)5-2)17-19-12-14-20(15-13-19)21-10-7-8-11-22(21)24(29)30/h7-8,10-15,18H,4-6,9,16-17H2,1-3H3,(H,29,30). The molecule has 1 atom stereocenters. The Labute approximate surface area is 183 Å². The van der Waals surface area contributed by atoms with Crippen LogP contribution in [0.1, 0.15) is 74.1 Å². The molecule has 1 N–H and O–H groups in total. The van der Waals surface area contributed by atoms with E-state index in [0.717, 1.165) is 42.6 Å². The van der Waals surface area contributed by atoms with Gasteiger partial charge in [-0.3, -0.25) is 4.57 Å². The van der Waals surface area contributed by atoms with Crippen LogP contribution in [0.4, 0.5) is 0 Å². The van der Waals surface area contributed by atoms with Crippen molar-refractivity contribution in [2.45, 2.75) is 65.5 Å². The van der Waals surface area contributed by atoms with Gasteiger partial charge in [-0.1, -0.05) is 76.1 Å². The van der Waals surface area contributed by atoms with E-state index in [1.807, 2.05) is 36.4 Å². The van der Waals surface area contributed by atoms with Crippen LogP contribution >= 0.6 is 0 Å². The van der Waals surface area contributed by atoms with Crippen LogP contribution in [0.25, 0.3) is 11.1 Å². The predicted octanol–water partition coefficient (Wildman–Crippen LogP) is 5.16. The third-order valence-electron chi connectivity index (χ3n) is 5.74. The lowest BCUT2D eigenvalue weighted by Gasteiger charge is -2.11. The van der Waals surface area contributed by atoms with Gasteiger partial charge in [-0.05, 0) is 35.6 Å². The summed E-state index contributed by atoms with van der Waals surface area (Å²) in [5, 5.41) is 14.1. The maximum Gasteiger partial charge on any atom is 0.346 e. The molecule has 0 aliphatic heterocycles. The average molecular weight is 422 g/mol. The number of hydrogen-bond acceptors (Lipinski definition) is 3. The molecule has 1 aromatic heterocycles. The van der Waals surface area contributed by atoms with Gasteiger partial charge in [-0.25, -0.2) is 14.3 Å². The third kappa shape index (κ3) is 5.13. The van der Waals surface area contributed by atoms with Gasteiger partial charge in [0.25, 0.3) is 0 Å². The van der Waals surface area contributed by atoms with E-state index in [1.165, 1.54) is 0 Å². The summed E-state index contributed by atoms with van der Waals surface area (Å²) in [7, 11) is 0. The zero-order chi connectivity index (χ0) is 22.4. The van der Waals surface area contributed by atoms with E-state index in [1.54, 1.807) is 21.4 Å². The van der Waals surface area contributed by atoms with E-state index in [0.29, 0.717) is 18.7 Å². The number of carboxylic acid groups (broad SMARTS) is 1. The second-order valence-corrected chi connectivity index (χ2v) is 8.01. The van der Waals surface area contributed by atoms with E-state index in [2.05, 4.69) is 25.9 Å². The van der Waals surface area contributed by atoms with Crippen molar-refractivity contribution < 1.29 is 9.90 Å². The van der Waals surface area contributed by atoms with Crippen molar-refractivity contribution in [3.8, 4) is 11.1 Å². The Morgan fingerprint density at radius 3 is 2.42 bits per heavy atom. The molecule has 31 heavy (non-hydrogen) atoms. The van der Waals surface area contributed by atoms with Crippen molar-refractivity contribution in [2.24, 2.45) is 0 Å². The molecule has 3 rings (SSSR count). The Morgan fingerprint density at radius 1 is 1.06 bits per heavy atom. The number of benzene rings is 2. The molecule has 0 radical (unpaired) electrons. The highest BCUT2D eigenvalue weighted by atomic mass is 16.4. The summed E-state index contributed by atoms with van der Waals surface area (Å²) in [6.45, 7) is 7.44. The monoisotopic (exact) mass is 421 g/mol. The summed E-state index contributed by atoms with van der Waals surface area (Å²) < 4.78 is 3.38. The largest absolute Gasteiger partial charge is 0.478 e. The van der Waals surface area contributed by atoms with Crippen molar-refractivity contribution in [3.05, 3.63) is 76.0 Å². The van der Waals surface area contributed by atoms with E-state index < -0.39 is 5.97 Å². The molecule has 0 bridgehead atoms. The molecule has 6 nitrogen and oxygen atoms in total. The average Bonchev–Trinajstić information content (AvgIpc) is 3.09. The number of rotatable bonds is 10. The molecule has 0 aliphatic rings. The fourth-order valence-electron chi connectivity index (χ4n) is 3.70. The molecule has 0 saturated carbocycles. The van der Waals surface area contributed by atoms with Crippen LogP contribution < -0.4 is 5.69 Å². The minimum absolute atomic E-state index is 0.0632. The van der Waals surface area contributed by atoms with E-state index in [-0.39, 0.29) is 17.2 Å². The Hall–Kier alpha value is -3.15. The lowest BCUT2D eigenvalue weighted by atomic mass is 9.98. The summed E-state index contributed by atoms with van der Waals surface area (Å²) in [6.07, 6.45) is 4.05.